The van der Waals surface area contributed by atoms with Crippen molar-refractivity contribution in [2.45, 2.75) is 6.42 Å². The van der Waals surface area contributed by atoms with Crippen LogP contribution in [0.1, 0.15) is 10.7 Å². The quantitative estimate of drug-likeness (QED) is 0.782. The number of rotatable bonds is 3. The highest BCUT2D eigenvalue weighted by Gasteiger charge is 2.13. The molecule has 0 aromatic carbocycles. The van der Waals surface area contributed by atoms with Gasteiger partial charge in [0.25, 0.3) is 5.89 Å². The summed E-state index contributed by atoms with van der Waals surface area (Å²) in [6.07, 6.45) is 3.55. The van der Waals surface area contributed by atoms with Gasteiger partial charge in [0.1, 0.15) is 5.75 Å². The molecule has 0 atom stereocenters. The van der Waals surface area contributed by atoms with Crippen molar-refractivity contribution in [2.75, 3.05) is 0 Å². The van der Waals surface area contributed by atoms with Gasteiger partial charge in [0.2, 0.25) is 0 Å². The van der Waals surface area contributed by atoms with Crippen molar-refractivity contribution in [1.82, 2.24) is 15.1 Å². The molecule has 0 fully saturated rings. The first-order valence-electron chi connectivity index (χ1n) is 5.31. The Hall–Kier alpha value is -2.21. The number of thiophene rings is 1. The fourth-order valence-electron chi connectivity index (χ4n) is 1.57. The van der Waals surface area contributed by atoms with Crippen LogP contribution in [-0.4, -0.2) is 20.2 Å². The third kappa shape index (κ3) is 2.10. The van der Waals surface area contributed by atoms with E-state index in [9.17, 15) is 5.11 Å². The summed E-state index contributed by atoms with van der Waals surface area (Å²) in [7, 11) is 0. The Morgan fingerprint density at radius 3 is 3.06 bits per heavy atom. The zero-order valence-electron chi connectivity index (χ0n) is 9.28. The van der Waals surface area contributed by atoms with Crippen molar-refractivity contribution in [3.63, 3.8) is 0 Å². The average Bonchev–Trinajstić information content (AvgIpc) is 3.02. The fourth-order valence-corrected chi connectivity index (χ4v) is 2.27. The SMILES string of the molecule is Oc1cnccc1-c1nc(Cc2cccs2)no1. The summed E-state index contributed by atoms with van der Waals surface area (Å²) in [5, 5.41) is 15.5. The van der Waals surface area contributed by atoms with Crippen molar-refractivity contribution in [3.05, 3.63) is 46.7 Å². The zero-order valence-corrected chi connectivity index (χ0v) is 10.1. The van der Waals surface area contributed by atoms with Gasteiger partial charge in [-0.1, -0.05) is 11.2 Å². The van der Waals surface area contributed by atoms with Crippen LogP contribution in [0.4, 0.5) is 0 Å². The Balaban J connectivity index is 1.88. The molecule has 0 unspecified atom stereocenters. The molecule has 0 aliphatic heterocycles. The van der Waals surface area contributed by atoms with E-state index in [1.807, 2.05) is 17.5 Å². The molecule has 0 saturated carbocycles. The molecular formula is C12H9N3O2S. The predicted octanol–water partition coefficient (Wildman–Crippen LogP) is 2.49. The molecule has 0 radical (unpaired) electrons. The maximum Gasteiger partial charge on any atom is 0.261 e. The second-order valence-electron chi connectivity index (χ2n) is 3.66. The highest BCUT2D eigenvalue weighted by Crippen LogP contribution is 2.26. The molecule has 5 nitrogen and oxygen atoms in total. The van der Waals surface area contributed by atoms with E-state index in [0.29, 0.717) is 23.7 Å². The molecule has 6 heteroatoms. The number of aromatic hydroxyl groups is 1. The first kappa shape index (κ1) is 10.9. The molecule has 0 amide bonds. The van der Waals surface area contributed by atoms with Crippen LogP contribution in [0.3, 0.4) is 0 Å². The Kier molecular flexibility index (Phi) is 2.77. The van der Waals surface area contributed by atoms with Crippen molar-refractivity contribution >= 4 is 11.3 Å². The Bertz CT molecular complexity index is 649. The van der Waals surface area contributed by atoms with E-state index in [-0.39, 0.29) is 5.75 Å². The van der Waals surface area contributed by atoms with Gasteiger partial charge in [0.05, 0.1) is 11.8 Å². The van der Waals surface area contributed by atoms with Crippen LogP contribution in [0.5, 0.6) is 5.75 Å². The van der Waals surface area contributed by atoms with E-state index in [2.05, 4.69) is 15.1 Å². The molecule has 90 valence electrons. The molecule has 3 aromatic heterocycles. The lowest BCUT2D eigenvalue weighted by Crippen LogP contribution is -1.87. The van der Waals surface area contributed by atoms with Crippen molar-refractivity contribution in [1.29, 1.82) is 0 Å². The lowest BCUT2D eigenvalue weighted by atomic mass is 10.2. The van der Waals surface area contributed by atoms with Gasteiger partial charge >= 0.3 is 0 Å². The van der Waals surface area contributed by atoms with Crippen LogP contribution in [0.2, 0.25) is 0 Å². The van der Waals surface area contributed by atoms with Crippen LogP contribution in [0.15, 0.2) is 40.5 Å². The van der Waals surface area contributed by atoms with Gasteiger partial charge in [-0.05, 0) is 17.5 Å². The summed E-state index contributed by atoms with van der Waals surface area (Å²) in [6, 6.07) is 5.64. The standard InChI is InChI=1S/C12H9N3O2S/c16-10-7-13-4-3-9(10)12-14-11(15-17-12)6-8-2-1-5-18-8/h1-5,7,16H,6H2. The summed E-state index contributed by atoms with van der Waals surface area (Å²) in [4.78, 5) is 9.23. The lowest BCUT2D eigenvalue weighted by molar-refractivity contribution is 0.418. The van der Waals surface area contributed by atoms with Crippen molar-refractivity contribution < 1.29 is 9.63 Å². The monoisotopic (exact) mass is 259 g/mol. The molecule has 1 N–H and O–H groups in total. The zero-order chi connectivity index (χ0) is 12.4. The van der Waals surface area contributed by atoms with Gasteiger partial charge in [-0.25, -0.2) is 0 Å². The largest absolute Gasteiger partial charge is 0.505 e. The van der Waals surface area contributed by atoms with E-state index < -0.39 is 0 Å². The second kappa shape index (κ2) is 4.58. The minimum Gasteiger partial charge on any atom is -0.505 e. The molecule has 0 aliphatic carbocycles. The van der Waals surface area contributed by atoms with E-state index in [1.165, 1.54) is 11.1 Å². The van der Waals surface area contributed by atoms with Gasteiger partial charge in [-0.3, -0.25) is 4.98 Å². The molecule has 0 aliphatic rings. The van der Waals surface area contributed by atoms with Gasteiger partial charge in [-0.2, -0.15) is 4.98 Å². The van der Waals surface area contributed by atoms with E-state index in [4.69, 9.17) is 4.52 Å². The number of aromatic nitrogens is 3. The minimum atomic E-state index is 0.0313. The van der Waals surface area contributed by atoms with Crippen LogP contribution in [-0.2, 0) is 6.42 Å². The summed E-state index contributed by atoms with van der Waals surface area (Å²) < 4.78 is 5.14. The number of nitrogens with zero attached hydrogens (tertiary/aromatic N) is 3. The summed E-state index contributed by atoms with van der Waals surface area (Å²) in [6.45, 7) is 0. The lowest BCUT2D eigenvalue weighted by Gasteiger charge is -1.95. The van der Waals surface area contributed by atoms with Crippen LogP contribution >= 0.6 is 11.3 Å². The second-order valence-corrected chi connectivity index (χ2v) is 4.70. The van der Waals surface area contributed by atoms with Gasteiger partial charge in [-0.15, -0.1) is 11.3 Å². The third-order valence-electron chi connectivity index (χ3n) is 2.41. The maximum atomic E-state index is 9.64. The third-order valence-corrected chi connectivity index (χ3v) is 3.29. The first-order chi connectivity index (χ1) is 8.83. The predicted molar refractivity (Wildman–Crippen MR) is 66.3 cm³/mol. The maximum absolute atomic E-state index is 9.64. The molecule has 3 heterocycles. The van der Waals surface area contributed by atoms with E-state index >= 15 is 0 Å². The summed E-state index contributed by atoms with van der Waals surface area (Å²) in [5.41, 5.74) is 0.495. The molecule has 0 bridgehead atoms. The molecule has 0 saturated heterocycles. The van der Waals surface area contributed by atoms with E-state index in [0.717, 1.165) is 0 Å². The topological polar surface area (TPSA) is 72.0 Å². The summed E-state index contributed by atoms with van der Waals surface area (Å²) in [5.74, 6) is 0.939. The Morgan fingerprint density at radius 1 is 1.33 bits per heavy atom. The molecule has 3 rings (SSSR count). The normalized spacial score (nSPS) is 10.7. The highest BCUT2D eigenvalue weighted by molar-refractivity contribution is 7.09. The molecule has 18 heavy (non-hydrogen) atoms. The van der Waals surface area contributed by atoms with Gasteiger partial charge < -0.3 is 9.63 Å². The number of hydrogen-bond acceptors (Lipinski definition) is 6. The van der Waals surface area contributed by atoms with Crippen molar-refractivity contribution in [2.24, 2.45) is 0 Å². The number of pyridine rings is 1. The fraction of sp³-hybridized carbons (Fsp3) is 0.0833. The number of hydrogen-bond donors (Lipinski definition) is 1. The van der Waals surface area contributed by atoms with Crippen LogP contribution in [0, 0.1) is 0 Å². The average molecular weight is 259 g/mol. The molecule has 3 aromatic rings. The minimum absolute atomic E-state index is 0.0313. The van der Waals surface area contributed by atoms with Crippen LogP contribution in [0.25, 0.3) is 11.5 Å². The summed E-state index contributed by atoms with van der Waals surface area (Å²) >= 11 is 1.64. The van der Waals surface area contributed by atoms with Crippen LogP contribution < -0.4 is 0 Å². The van der Waals surface area contributed by atoms with Gasteiger partial charge in [0.15, 0.2) is 5.82 Å². The molecule has 0 spiro atoms. The molecular weight excluding hydrogens is 250 g/mol. The Morgan fingerprint density at radius 2 is 2.28 bits per heavy atom. The van der Waals surface area contributed by atoms with Gasteiger partial charge in [0, 0.05) is 17.5 Å². The first-order valence-corrected chi connectivity index (χ1v) is 6.19. The Labute approximate surface area is 107 Å². The smallest absolute Gasteiger partial charge is 0.261 e. The highest BCUT2D eigenvalue weighted by atomic mass is 32.1. The van der Waals surface area contributed by atoms with E-state index in [1.54, 1.807) is 23.6 Å². The van der Waals surface area contributed by atoms with Crippen molar-refractivity contribution in [3.8, 4) is 17.2 Å².